The lowest BCUT2D eigenvalue weighted by atomic mass is 10.1. The zero-order valence-corrected chi connectivity index (χ0v) is 19.4. The van der Waals surface area contributed by atoms with Gasteiger partial charge in [0, 0.05) is 25.2 Å². The van der Waals surface area contributed by atoms with Crippen molar-refractivity contribution in [1.82, 2.24) is 9.80 Å². The van der Waals surface area contributed by atoms with Gasteiger partial charge in [-0.05, 0) is 38.5 Å². The van der Waals surface area contributed by atoms with Gasteiger partial charge in [0.15, 0.2) is 5.82 Å². The van der Waals surface area contributed by atoms with Crippen molar-refractivity contribution in [2.24, 2.45) is 0 Å². The molecule has 1 aliphatic rings. The van der Waals surface area contributed by atoms with Gasteiger partial charge in [0.25, 0.3) is 0 Å². The predicted octanol–water partition coefficient (Wildman–Crippen LogP) is 4.32. The summed E-state index contributed by atoms with van der Waals surface area (Å²) in [6.45, 7) is 5.31. The van der Waals surface area contributed by atoms with Gasteiger partial charge >= 0.3 is 12.2 Å². The van der Waals surface area contributed by atoms with Gasteiger partial charge in [-0.15, -0.1) is 0 Å². The Balaban J connectivity index is 1.72. The number of likely N-dealkylation sites (N-methyl/N-ethyl adjacent to an activating group) is 1. The van der Waals surface area contributed by atoms with Crippen molar-refractivity contribution in [3.63, 3.8) is 0 Å². The molecule has 8 nitrogen and oxygen atoms in total. The monoisotopic (exact) mass is 457 g/mol. The van der Waals surface area contributed by atoms with Crippen molar-refractivity contribution in [3.8, 4) is 5.75 Å². The standard InChI is InChI=1S/C24H28FN3O5/c1-24(2,3)33-22(30)26-18-8-6-7-17(21(18)25)14-28-13-16-10-9-15(12-20(29)27(4)5)11-19(16)32-23(28)31/h6-11H,12-14H2,1-5H3,(H,26,30). The van der Waals surface area contributed by atoms with Crippen molar-refractivity contribution in [2.75, 3.05) is 19.4 Å². The highest BCUT2D eigenvalue weighted by Gasteiger charge is 2.27. The molecule has 176 valence electrons. The Labute approximate surface area is 192 Å². The highest BCUT2D eigenvalue weighted by molar-refractivity contribution is 5.85. The molecule has 3 amide bonds. The maximum absolute atomic E-state index is 15.0. The second-order valence-electron chi connectivity index (χ2n) is 9.04. The van der Waals surface area contributed by atoms with E-state index in [4.69, 9.17) is 9.47 Å². The fourth-order valence-corrected chi connectivity index (χ4v) is 3.23. The van der Waals surface area contributed by atoms with Crippen LogP contribution in [0.2, 0.25) is 0 Å². The molecule has 0 saturated carbocycles. The van der Waals surface area contributed by atoms with Crippen LogP contribution in [0, 0.1) is 5.82 Å². The Hall–Kier alpha value is -3.62. The van der Waals surface area contributed by atoms with Crippen LogP contribution >= 0.6 is 0 Å². The summed E-state index contributed by atoms with van der Waals surface area (Å²) in [6.07, 6.45) is -1.19. The van der Waals surface area contributed by atoms with Gasteiger partial charge in [-0.3, -0.25) is 15.0 Å². The molecule has 0 atom stereocenters. The normalized spacial score (nSPS) is 13.2. The van der Waals surface area contributed by atoms with Gasteiger partial charge in [-0.25, -0.2) is 14.0 Å². The van der Waals surface area contributed by atoms with Gasteiger partial charge in [0.1, 0.15) is 11.4 Å². The molecule has 0 aromatic heterocycles. The van der Waals surface area contributed by atoms with Gasteiger partial charge in [0.2, 0.25) is 5.91 Å². The quantitative estimate of drug-likeness (QED) is 0.723. The van der Waals surface area contributed by atoms with Gasteiger partial charge in [-0.1, -0.05) is 24.3 Å². The summed E-state index contributed by atoms with van der Waals surface area (Å²) in [5.74, 6) is -0.324. The second-order valence-corrected chi connectivity index (χ2v) is 9.04. The maximum atomic E-state index is 15.0. The van der Waals surface area contributed by atoms with Crippen LogP contribution in [0.1, 0.15) is 37.5 Å². The third-order valence-corrected chi connectivity index (χ3v) is 4.88. The van der Waals surface area contributed by atoms with Gasteiger partial charge < -0.3 is 14.4 Å². The zero-order valence-electron chi connectivity index (χ0n) is 19.4. The zero-order chi connectivity index (χ0) is 24.3. The Morgan fingerprint density at radius 2 is 1.94 bits per heavy atom. The van der Waals surface area contributed by atoms with Crippen LogP contribution in [0.5, 0.6) is 5.75 Å². The summed E-state index contributed by atoms with van der Waals surface area (Å²) in [6, 6.07) is 9.82. The SMILES string of the molecule is CN(C)C(=O)Cc1ccc2c(c1)OC(=O)N(Cc1cccc(NC(=O)OC(C)(C)C)c1F)C2. The van der Waals surface area contributed by atoms with E-state index in [1.807, 2.05) is 6.07 Å². The first-order chi connectivity index (χ1) is 15.4. The summed E-state index contributed by atoms with van der Waals surface area (Å²) < 4.78 is 25.6. The number of nitrogens with zero attached hydrogens (tertiary/aromatic N) is 2. The number of anilines is 1. The molecule has 0 bridgehead atoms. The van der Waals surface area contributed by atoms with E-state index in [-0.39, 0.29) is 36.7 Å². The Bertz CT molecular complexity index is 1080. The average Bonchev–Trinajstić information content (AvgIpc) is 2.70. The summed E-state index contributed by atoms with van der Waals surface area (Å²) in [4.78, 5) is 39.3. The number of ether oxygens (including phenoxy) is 2. The molecule has 0 unspecified atom stereocenters. The third kappa shape index (κ3) is 6.21. The highest BCUT2D eigenvalue weighted by Crippen LogP contribution is 2.29. The van der Waals surface area contributed by atoms with Gasteiger partial charge in [-0.2, -0.15) is 0 Å². The largest absolute Gasteiger partial charge is 0.444 e. The Morgan fingerprint density at radius 3 is 2.61 bits per heavy atom. The van der Waals surface area contributed by atoms with E-state index in [0.29, 0.717) is 5.75 Å². The summed E-state index contributed by atoms with van der Waals surface area (Å²) >= 11 is 0. The van der Waals surface area contributed by atoms with Crippen LogP contribution < -0.4 is 10.1 Å². The minimum atomic E-state index is -0.770. The predicted molar refractivity (Wildman–Crippen MR) is 120 cm³/mol. The molecule has 0 fully saturated rings. The molecule has 9 heteroatoms. The Morgan fingerprint density at radius 1 is 1.21 bits per heavy atom. The van der Waals surface area contributed by atoms with Crippen LogP contribution in [-0.2, 0) is 29.0 Å². The van der Waals surface area contributed by atoms with Crippen LogP contribution in [0.4, 0.5) is 19.7 Å². The van der Waals surface area contributed by atoms with Crippen molar-refractivity contribution >= 4 is 23.8 Å². The summed E-state index contributed by atoms with van der Waals surface area (Å²) in [5, 5.41) is 2.40. The molecule has 2 aromatic rings. The summed E-state index contributed by atoms with van der Waals surface area (Å²) in [7, 11) is 3.35. The molecule has 1 aliphatic heterocycles. The molecule has 0 radical (unpaired) electrons. The van der Waals surface area contributed by atoms with Crippen LogP contribution in [0.25, 0.3) is 0 Å². The molecule has 3 rings (SSSR count). The third-order valence-electron chi connectivity index (χ3n) is 4.88. The highest BCUT2D eigenvalue weighted by atomic mass is 19.1. The van der Waals surface area contributed by atoms with Gasteiger partial charge in [0.05, 0.1) is 25.2 Å². The molecule has 33 heavy (non-hydrogen) atoms. The minimum Gasteiger partial charge on any atom is -0.444 e. The molecule has 0 aliphatic carbocycles. The van der Waals surface area contributed by atoms with E-state index in [1.54, 1.807) is 53.1 Å². The van der Waals surface area contributed by atoms with E-state index in [9.17, 15) is 18.8 Å². The number of hydrogen-bond donors (Lipinski definition) is 1. The number of fused-ring (bicyclic) bond motifs is 1. The molecular weight excluding hydrogens is 429 g/mol. The molecule has 0 saturated heterocycles. The number of hydrogen-bond acceptors (Lipinski definition) is 5. The number of amides is 3. The number of carbonyl (C=O) groups is 3. The van der Waals surface area contributed by atoms with Crippen LogP contribution in [-0.4, -0.2) is 47.6 Å². The maximum Gasteiger partial charge on any atom is 0.415 e. The molecule has 1 N–H and O–H groups in total. The topological polar surface area (TPSA) is 88.2 Å². The number of carbonyl (C=O) groups excluding carboxylic acids is 3. The van der Waals surface area contributed by atoms with Crippen molar-refractivity contribution in [2.45, 2.75) is 45.9 Å². The number of rotatable bonds is 5. The lowest BCUT2D eigenvalue weighted by Gasteiger charge is -2.28. The summed E-state index contributed by atoms with van der Waals surface area (Å²) in [5.41, 5.74) is 0.947. The van der Waals surface area contributed by atoms with Crippen LogP contribution in [0.3, 0.4) is 0 Å². The first-order valence-corrected chi connectivity index (χ1v) is 10.5. The smallest absolute Gasteiger partial charge is 0.415 e. The number of halogens is 1. The lowest BCUT2D eigenvalue weighted by Crippen LogP contribution is -2.36. The van der Waals surface area contributed by atoms with Crippen molar-refractivity contribution in [3.05, 3.63) is 58.9 Å². The van der Waals surface area contributed by atoms with Crippen LogP contribution in [0.15, 0.2) is 36.4 Å². The first-order valence-electron chi connectivity index (χ1n) is 10.5. The first kappa shape index (κ1) is 24.0. The number of nitrogens with one attached hydrogen (secondary N) is 1. The average molecular weight is 458 g/mol. The lowest BCUT2D eigenvalue weighted by molar-refractivity contribution is -0.127. The molecule has 1 heterocycles. The van der Waals surface area contributed by atoms with E-state index in [0.717, 1.165) is 11.1 Å². The van der Waals surface area contributed by atoms with Crippen molar-refractivity contribution < 1.29 is 28.2 Å². The molecule has 2 aromatic carbocycles. The van der Waals surface area contributed by atoms with E-state index >= 15 is 0 Å². The second kappa shape index (κ2) is 9.48. The minimum absolute atomic E-state index is 0.0391. The molecular formula is C24H28FN3O5. The Kier molecular flexibility index (Phi) is 6.90. The molecule has 0 spiro atoms. The van der Waals surface area contributed by atoms with Crippen molar-refractivity contribution in [1.29, 1.82) is 0 Å². The fourth-order valence-electron chi connectivity index (χ4n) is 3.23. The van der Waals surface area contributed by atoms with E-state index in [1.165, 1.54) is 21.9 Å². The van der Waals surface area contributed by atoms with E-state index in [2.05, 4.69) is 5.32 Å². The number of benzene rings is 2. The van der Waals surface area contributed by atoms with E-state index < -0.39 is 23.6 Å². The fraction of sp³-hybridized carbons (Fsp3) is 0.375.